The number of hydrogen-bond acceptors (Lipinski definition) is 4. The number of aromatic nitrogens is 2. The van der Waals surface area contributed by atoms with E-state index in [1.165, 1.54) is 6.33 Å². The molecule has 1 aromatic rings. The molecule has 2 heterocycles. The fraction of sp³-hybridized carbons (Fsp3) is 0.643. The van der Waals surface area contributed by atoms with Crippen molar-refractivity contribution in [1.82, 2.24) is 20.6 Å². The molecule has 1 aliphatic rings. The highest BCUT2D eigenvalue weighted by molar-refractivity contribution is 5.87. The van der Waals surface area contributed by atoms with Crippen LogP contribution >= 0.6 is 0 Å². The molecule has 21 heavy (non-hydrogen) atoms. The standard InChI is InChI=1S/C14H22N4O3/c1-2-9-3-4-16-11(5-9)13(19)18-12(14(20)21)6-10-7-15-8-17-10/h7-9,11-12,16H,2-6H2,1H3,(H,15,17)(H,18,19)(H,20,21). The Labute approximate surface area is 123 Å². The van der Waals surface area contributed by atoms with E-state index in [0.717, 1.165) is 25.8 Å². The third-order valence-corrected chi connectivity index (χ3v) is 4.00. The van der Waals surface area contributed by atoms with Crippen molar-refractivity contribution in [3.63, 3.8) is 0 Å². The molecule has 4 N–H and O–H groups in total. The summed E-state index contributed by atoms with van der Waals surface area (Å²) in [5.41, 5.74) is 0.686. The summed E-state index contributed by atoms with van der Waals surface area (Å²) in [6.07, 6.45) is 6.13. The van der Waals surface area contributed by atoms with Crippen molar-refractivity contribution >= 4 is 11.9 Å². The normalized spacial score (nSPS) is 23.5. The molecule has 1 aromatic heterocycles. The van der Waals surface area contributed by atoms with Crippen molar-refractivity contribution in [3.8, 4) is 0 Å². The first-order chi connectivity index (χ1) is 10.1. The largest absolute Gasteiger partial charge is 0.480 e. The Balaban J connectivity index is 1.93. The molecule has 1 amide bonds. The minimum Gasteiger partial charge on any atom is -0.480 e. The van der Waals surface area contributed by atoms with Crippen LogP contribution in [0.4, 0.5) is 0 Å². The fourth-order valence-corrected chi connectivity index (χ4v) is 2.66. The van der Waals surface area contributed by atoms with Crippen LogP contribution in [0.3, 0.4) is 0 Å². The van der Waals surface area contributed by atoms with Crippen molar-refractivity contribution in [2.24, 2.45) is 5.92 Å². The average Bonchev–Trinajstić information content (AvgIpc) is 2.99. The molecular weight excluding hydrogens is 272 g/mol. The number of H-pyrrole nitrogens is 1. The first kappa shape index (κ1) is 15.5. The summed E-state index contributed by atoms with van der Waals surface area (Å²) >= 11 is 0. The summed E-state index contributed by atoms with van der Waals surface area (Å²) in [7, 11) is 0. The SMILES string of the molecule is CCC1CCNC(C(=O)NC(Cc2cnc[nH]2)C(=O)O)C1. The van der Waals surface area contributed by atoms with Crippen LogP contribution in [0.15, 0.2) is 12.5 Å². The van der Waals surface area contributed by atoms with Crippen LogP contribution in [0.2, 0.25) is 0 Å². The smallest absolute Gasteiger partial charge is 0.326 e. The number of amides is 1. The van der Waals surface area contributed by atoms with E-state index in [0.29, 0.717) is 11.6 Å². The van der Waals surface area contributed by atoms with Gasteiger partial charge in [0, 0.05) is 18.3 Å². The number of carboxylic acid groups (broad SMARTS) is 1. The van der Waals surface area contributed by atoms with E-state index in [2.05, 4.69) is 27.5 Å². The van der Waals surface area contributed by atoms with Crippen LogP contribution in [-0.4, -0.2) is 45.6 Å². The Morgan fingerprint density at radius 2 is 2.38 bits per heavy atom. The number of rotatable bonds is 6. The lowest BCUT2D eigenvalue weighted by molar-refractivity contribution is -0.142. The summed E-state index contributed by atoms with van der Waals surface area (Å²) in [6, 6.07) is -1.24. The molecule has 0 aromatic carbocycles. The summed E-state index contributed by atoms with van der Waals surface area (Å²) in [4.78, 5) is 30.2. The Morgan fingerprint density at radius 1 is 1.57 bits per heavy atom. The van der Waals surface area contributed by atoms with Crippen LogP contribution < -0.4 is 10.6 Å². The number of piperidine rings is 1. The predicted octanol–water partition coefficient (Wildman–Crippen LogP) is 0.300. The second-order valence-electron chi connectivity index (χ2n) is 5.49. The maximum absolute atomic E-state index is 12.2. The predicted molar refractivity (Wildman–Crippen MR) is 76.7 cm³/mol. The lowest BCUT2D eigenvalue weighted by Gasteiger charge is -2.29. The molecule has 0 bridgehead atoms. The number of aliphatic carboxylic acids is 1. The highest BCUT2D eigenvalue weighted by atomic mass is 16.4. The molecule has 3 atom stereocenters. The molecule has 0 spiro atoms. The third-order valence-electron chi connectivity index (χ3n) is 4.00. The van der Waals surface area contributed by atoms with E-state index >= 15 is 0 Å². The molecule has 116 valence electrons. The average molecular weight is 294 g/mol. The monoisotopic (exact) mass is 294 g/mol. The van der Waals surface area contributed by atoms with E-state index in [4.69, 9.17) is 0 Å². The summed E-state index contributed by atoms with van der Waals surface area (Å²) in [6.45, 7) is 2.91. The molecule has 7 heteroatoms. The van der Waals surface area contributed by atoms with Gasteiger partial charge in [-0.3, -0.25) is 4.79 Å². The minimum absolute atomic E-state index is 0.199. The quantitative estimate of drug-likeness (QED) is 0.603. The van der Waals surface area contributed by atoms with Gasteiger partial charge in [0.05, 0.1) is 12.4 Å². The zero-order valence-electron chi connectivity index (χ0n) is 12.1. The Kier molecular flexibility index (Phi) is 5.32. The molecule has 0 saturated carbocycles. The highest BCUT2D eigenvalue weighted by Gasteiger charge is 2.29. The molecule has 7 nitrogen and oxygen atoms in total. The van der Waals surface area contributed by atoms with E-state index in [9.17, 15) is 14.7 Å². The van der Waals surface area contributed by atoms with Gasteiger partial charge in [-0.15, -0.1) is 0 Å². The Morgan fingerprint density at radius 3 is 3.00 bits per heavy atom. The second-order valence-corrected chi connectivity index (χ2v) is 5.49. The van der Waals surface area contributed by atoms with Crippen LogP contribution in [0.25, 0.3) is 0 Å². The van der Waals surface area contributed by atoms with Gasteiger partial charge >= 0.3 is 5.97 Å². The molecule has 1 fully saturated rings. The number of carboxylic acids is 1. The number of hydrogen-bond donors (Lipinski definition) is 4. The van der Waals surface area contributed by atoms with Crippen molar-refractivity contribution in [3.05, 3.63) is 18.2 Å². The van der Waals surface area contributed by atoms with E-state index in [1.54, 1.807) is 6.20 Å². The van der Waals surface area contributed by atoms with Crippen LogP contribution in [0.1, 0.15) is 31.9 Å². The lowest BCUT2D eigenvalue weighted by Crippen LogP contribution is -2.53. The van der Waals surface area contributed by atoms with E-state index in [-0.39, 0.29) is 18.4 Å². The van der Waals surface area contributed by atoms with Crippen molar-refractivity contribution < 1.29 is 14.7 Å². The molecule has 1 saturated heterocycles. The van der Waals surface area contributed by atoms with Crippen molar-refractivity contribution in [2.75, 3.05) is 6.54 Å². The number of carbonyl (C=O) groups excluding carboxylic acids is 1. The van der Waals surface area contributed by atoms with Crippen LogP contribution in [0, 0.1) is 5.92 Å². The zero-order chi connectivity index (χ0) is 15.2. The van der Waals surface area contributed by atoms with Gasteiger partial charge in [0.1, 0.15) is 6.04 Å². The molecule has 3 unspecified atom stereocenters. The zero-order valence-corrected chi connectivity index (χ0v) is 12.1. The topological polar surface area (TPSA) is 107 Å². The van der Waals surface area contributed by atoms with Gasteiger partial charge < -0.3 is 20.7 Å². The Bertz CT molecular complexity index is 475. The molecular formula is C14H22N4O3. The summed E-state index contributed by atoms with van der Waals surface area (Å²) in [5.74, 6) is -0.751. The number of nitrogens with one attached hydrogen (secondary N) is 3. The van der Waals surface area contributed by atoms with Crippen LogP contribution in [0.5, 0.6) is 0 Å². The maximum Gasteiger partial charge on any atom is 0.326 e. The molecule has 1 aliphatic heterocycles. The summed E-state index contributed by atoms with van der Waals surface area (Å²) in [5, 5.41) is 15.0. The van der Waals surface area contributed by atoms with Gasteiger partial charge in [-0.05, 0) is 25.3 Å². The number of carbonyl (C=O) groups is 2. The molecule has 0 radical (unpaired) electrons. The van der Waals surface area contributed by atoms with Crippen molar-refractivity contribution in [1.29, 1.82) is 0 Å². The van der Waals surface area contributed by atoms with E-state index in [1.807, 2.05) is 0 Å². The third kappa shape index (κ3) is 4.29. The van der Waals surface area contributed by atoms with Crippen LogP contribution in [-0.2, 0) is 16.0 Å². The van der Waals surface area contributed by atoms with Gasteiger partial charge in [0.25, 0.3) is 0 Å². The van der Waals surface area contributed by atoms with E-state index < -0.39 is 12.0 Å². The number of aromatic amines is 1. The maximum atomic E-state index is 12.2. The van der Waals surface area contributed by atoms with Gasteiger partial charge in [0.15, 0.2) is 0 Å². The number of imidazole rings is 1. The van der Waals surface area contributed by atoms with Gasteiger partial charge in [0.2, 0.25) is 5.91 Å². The number of nitrogens with zero attached hydrogens (tertiary/aromatic N) is 1. The van der Waals surface area contributed by atoms with Crippen molar-refractivity contribution in [2.45, 2.75) is 44.7 Å². The highest BCUT2D eigenvalue weighted by Crippen LogP contribution is 2.19. The van der Waals surface area contributed by atoms with Gasteiger partial charge in [-0.2, -0.15) is 0 Å². The first-order valence-electron chi connectivity index (χ1n) is 7.34. The fourth-order valence-electron chi connectivity index (χ4n) is 2.66. The van der Waals surface area contributed by atoms with Gasteiger partial charge in [-0.1, -0.05) is 13.3 Å². The Hall–Kier alpha value is -1.89. The second kappa shape index (κ2) is 7.21. The van der Waals surface area contributed by atoms with Gasteiger partial charge in [-0.25, -0.2) is 9.78 Å². The first-order valence-corrected chi connectivity index (χ1v) is 7.34. The molecule has 2 rings (SSSR count). The minimum atomic E-state index is -1.04. The lowest BCUT2D eigenvalue weighted by atomic mass is 9.90. The summed E-state index contributed by atoms with van der Waals surface area (Å²) < 4.78 is 0. The molecule has 0 aliphatic carbocycles.